The molecule has 0 aromatic heterocycles. The van der Waals surface area contributed by atoms with E-state index in [1.54, 1.807) is 0 Å². The second-order valence-corrected chi connectivity index (χ2v) is 6.79. The second kappa shape index (κ2) is 13.0. The molecule has 0 amide bonds. The Morgan fingerprint density at radius 2 is 1.26 bits per heavy atom. The van der Waals surface area contributed by atoms with E-state index in [-0.39, 0.29) is 0 Å². The molecule has 2 aromatic carbocycles. The van der Waals surface area contributed by atoms with Crippen LogP contribution < -0.4 is 9.47 Å². The molecule has 2 aromatic rings. The van der Waals surface area contributed by atoms with E-state index >= 15 is 0 Å². The summed E-state index contributed by atoms with van der Waals surface area (Å²) in [6, 6.07) is 16.0. The zero-order valence-electron chi connectivity index (χ0n) is 16.8. The van der Waals surface area contributed by atoms with E-state index in [1.807, 2.05) is 54.7 Å². The molecule has 0 aliphatic rings. The molecule has 0 fully saturated rings. The molecule has 3 nitrogen and oxygen atoms in total. The fourth-order valence-corrected chi connectivity index (χ4v) is 2.72. The fourth-order valence-electron chi connectivity index (χ4n) is 2.72. The van der Waals surface area contributed by atoms with Gasteiger partial charge in [0.2, 0.25) is 0 Å². The van der Waals surface area contributed by atoms with Gasteiger partial charge in [-0.15, -0.1) is 0 Å². The molecule has 0 saturated heterocycles. The third-order valence-corrected chi connectivity index (χ3v) is 4.32. The van der Waals surface area contributed by atoms with Crippen LogP contribution in [0.5, 0.6) is 11.5 Å². The lowest BCUT2D eigenvalue weighted by Crippen LogP contribution is -1.96. The van der Waals surface area contributed by atoms with Gasteiger partial charge >= 0.3 is 0 Å². The molecule has 0 bridgehead atoms. The highest BCUT2D eigenvalue weighted by Gasteiger charge is 1.96. The summed E-state index contributed by atoms with van der Waals surface area (Å²) in [5.74, 6) is 1.82. The van der Waals surface area contributed by atoms with Crippen LogP contribution in [-0.4, -0.2) is 19.4 Å². The Hall–Kier alpha value is -2.29. The SMILES string of the molecule is CCCCCCCCOc1ccc(N=Cc2ccc(OCCC)cc2)cc1. The molecule has 0 spiro atoms. The number of benzene rings is 2. The van der Waals surface area contributed by atoms with Gasteiger partial charge in [-0.1, -0.05) is 46.0 Å². The number of rotatable bonds is 13. The normalized spacial score (nSPS) is 11.0. The number of hydrogen-bond donors (Lipinski definition) is 0. The van der Waals surface area contributed by atoms with Crippen LogP contribution >= 0.6 is 0 Å². The van der Waals surface area contributed by atoms with Gasteiger partial charge in [0, 0.05) is 6.21 Å². The molecule has 0 heterocycles. The molecule has 0 N–H and O–H groups in total. The minimum absolute atomic E-state index is 0.751. The summed E-state index contributed by atoms with van der Waals surface area (Å²) in [7, 11) is 0. The van der Waals surface area contributed by atoms with Gasteiger partial charge in [-0.3, -0.25) is 4.99 Å². The molecule has 3 heteroatoms. The first-order chi connectivity index (χ1) is 13.3. The van der Waals surface area contributed by atoms with Crippen LogP contribution in [-0.2, 0) is 0 Å². The quantitative estimate of drug-likeness (QED) is 0.283. The monoisotopic (exact) mass is 367 g/mol. The van der Waals surface area contributed by atoms with Crippen LogP contribution in [0.15, 0.2) is 53.5 Å². The van der Waals surface area contributed by atoms with E-state index in [2.05, 4.69) is 18.8 Å². The predicted molar refractivity (Wildman–Crippen MR) is 115 cm³/mol. The molecular formula is C24H33NO2. The first kappa shape index (κ1) is 21.0. The standard InChI is InChI=1S/C24H33NO2/c1-3-5-6-7-8-9-19-27-24-16-12-22(13-17-24)25-20-21-10-14-23(15-11-21)26-18-4-2/h10-17,20H,3-9,18-19H2,1-2H3. The first-order valence-electron chi connectivity index (χ1n) is 10.3. The van der Waals surface area contributed by atoms with E-state index in [0.717, 1.165) is 48.8 Å². The third kappa shape index (κ3) is 8.76. The smallest absolute Gasteiger partial charge is 0.119 e. The van der Waals surface area contributed by atoms with E-state index in [9.17, 15) is 0 Å². The maximum atomic E-state index is 5.81. The molecule has 0 aliphatic heterocycles. The van der Waals surface area contributed by atoms with Gasteiger partial charge in [0.15, 0.2) is 0 Å². The Morgan fingerprint density at radius 3 is 1.93 bits per heavy atom. The Balaban J connectivity index is 1.72. The van der Waals surface area contributed by atoms with E-state index < -0.39 is 0 Å². The zero-order chi connectivity index (χ0) is 19.2. The van der Waals surface area contributed by atoms with Crippen molar-refractivity contribution in [1.82, 2.24) is 0 Å². The van der Waals surface area contributed by atoms with Crippen LogP contribution in [0.2, 0.25) is 0 Å². The summed E-state index contributed by atoms with van der Waals surface area (Å²) in [4.78, 5) is 4.53. The maximum Gasteiger partial charge on any atom is 0.119 e. The lowest BCUT2D eigenvalue weighted by atomic mass is 10.1. The van der Waals surface area contributed by atoms with Crippen molar-refractivity contribution in [2.24, 2.45) is 4.99 Å². The van der Waals surface area contributed by atoms with Crippen molar-refractivity contribution < 1.29 is 9.47 Å². The van der Waals surface area contributed by atoms with Gasteiger partial charge in [-0.05, 0) is 66.9 Å². The van der Waals surface area contributed by atoms with E-state index in [4.69, 9.17) is 9.47 Å². The summed E-state index contributed by atoms with van der Waals surface area (Å²) in [5, 5.41) is 0. The van der Waals surface area contributed by atoms with Crippen molar-refractivity contribution in [2.75, 3.05) is 13.2 Å². The van der Waals surface area contributed by atoms with Crippen molar-refractivity contribution in [3.63, 3.8) is 0 Å². The van der Waals surface area contributed by atoms with Crippen molar-refractivity contribution in [3.05, 3.63) is 54.1 Å². The molecule has 0 saturated carbocycles. The minimum atomic E-state index is 0.751. The third-order valence-electron chi connectivity index (χ3n) is 4.32. The Labute approximate surface area is 164 Å². The molecule has 146 valence electrons. The molecule has 2 rings (SSSR count). The van der Waals surface area contributed by atoms with Gasteiger partial charge in [0.25, 0.3) is 0 Å². The highest BCUT2D eigenvalue weighted by atomic mass is 16.5. The lowest BCUT2D eigenvalue weighted by Gasteiger charge is -2.06. The van der Waals surface area contributed by atoms with E-state index in [0.29, 0.717) is 0 Å². The lowest BCUT2D eigenvalue weighted by molar-refractivity contribution is 0.304. The Bertz CT molecular complexity index is 647. The topological polar surface area (TPSA) is 30.8 Å². The van der Waals surface area contributed by atoms with Crippen LogP contribution in [0, 0.1) is 0 Å². The van der Waals surface area contributed by atoms with Crippen LogP contribution in [0.1, 0.15) is 64.4 Å². The Morgan fingerprint density at radius 1 is 0.667 bits per heavy atom. The van der Waals surface area contributed by atoms with Crippen LogP contribution in [0.4, 0.5) is 5.69 Å². The molecular weight excluding hydrogens is 334 g/mol. The number of aliphatic imine (C=N–C) groups is 1. The molecule has 0 radical (unpaired) electrons. The average molecular weight is 368 g/mol. The number of hydrogen-bond acceptors (Lipinski definition) is 3. The van der Waals surface area contributed by atoms with Crippen molar-refractivity contribution >= 4 is 11.9 Å². The van der Waals surface area contributed by atoms with Crippen molar-refractivity contribution in [1.29, 1.82) is 0 Å². The average Bonchev–Trinajstić information content (AvgIpc) is 2.71. The van der Waals surface area contributed by atoms with Gasteiger partial charge in [-0.25, -0.2) is 0 Å². The summed E-state index contributed by atoms with van der Waals surface area (Å²) >= 11 is 0. The fraction of sp³-hybridized carbons (Fsp3) is 0.458. The van der Waals surface area contributed by atoms with Crippen LogP contribution in [0.3, 0.4) is 0 Å². The molecule has 0 atom stereocenters. The van der Waals surface area contributed by atoms with Crippen molar-refractivity contribution in [3.8, 4) is 11.5 Å². The number of ether oxygens (including phenoxy) is 2. The number of nitrogens with zero attached hydrogens (tertiary/aromatic N) is 1. The largest absolute Gasteiger partial charge is 0.494 e. The van der Waals surface area contributed by atoms with Crippen LogP contribution in [0.25, 0.3) is 0 Å². The summed E-state index contributed by atoms with van der Waals surface area (Å²) in [6.45, 7) is 5.89. The van der Waals surface area contributed by atoms with Gasteiger partial charge < -0.3 is 9.47 Å². The van der Waals surface area contributed by atoms with E-state index in [1.165, 1.54) is 32.1 Å². The van der Waals surface area contributed by atoms with Crippen molar-refractivity contribution in [2.45, 2.75) is 58.8 Å². The van der Waals surface area contributed by atoms with Gasteiger partial charge in [0.1, 0.15) is 11.5 Å². The number of unbranched alkanes of at least 4 members (excludes halogenated alkanes) is 5. The summed E-state index contributed by atoms with van der Waals surface area (Å²) < 4.78 is 11.4. The maximum absolute atomic E-state index is 5.81. The highest BCUT2D eigenvalue weighted by Crippen LogP contribution is 2.19. The second-order valence-electron chi connectivity index (χ2n) is 6.79. The zero-order valence-corrected chi connectivity index (χ0v) is 16.8. The van der Waals surface area contributed by atoms with Gasteiger partial charge in [0.05, 0.1) is 18.9 Å². The summed E-state index contributed by atoms with van der Waals surface area (Å²) in [5.41, 5.74) is 1.98. The molecule has 0 aliphatic carbocycles. The van der Waals surface area contributed by atoms with Gasteiger partial charge in [-0.2, -0.15) is 0 Å². The molecule has 0 unspecified atom stereocenters. The summed E-state index contributed by atoms with van der Waals surface area (Å²) in [6.07, 6.45) is 10.6. The first-order valence-corrected chi connectivity index (χ1v) is 10.3. The predicted octanol–water partition coefficient (Wildman–Crippen LogP) is 6.97. The Kier molecular flexibility index (Phi) is 10.1. The minimum Gasteiger partial charge on any atom is -0.494 e. The highest BCUT2D eigenvalue weighted by molar-refractivity contribution is 5.82. The molecule has 27 heavy (non-hydrogen) atoms.